The molecular formula is C23H26FN7O. The van der Waals surface area contributed by atoms with Crippen LogP contribution in [0.2, 0.25) is 0 Å². The van der Waals surface area contributed by atoms with Crippen molar-refractivity contribution in [3.63, 3.8) is 0 Å². The lowest BCUT2D eigenvalue weighted by molar-refractivity contribution is -0.114. The number of amides is 1. The topological polar surface area (TPSA) is 86.3 Å². The summed E-state index contributed by atoms with van der Waals surface area (Å²) in [6.07, 6.45) is 1.50. The molecule has 1 aliphatic heterocycles. The van der Waals surface area contributed by atoms with E-state index in [1.807, 2.05) is 31.2 Å². The molecule has 8 nitrogen and oxygen atoms in total. The Morgan fingerprint density at radius 1 is 1.06 bits per heavy atom. The van der Waals surface area contributed by atoms with Crippen LogP contribution in [0.15, 0.2) is 48.8 Å². The van der Waals surface area contributed by atoms with Gasteiger partial charge in [0.1, 0.15) is 12.1 Å². The third-order valence-corrected chi connectivity index (χ3v) is 5.40. The Kier molecular flexibility index (Phi) is 6.55. The molecule has 0 saturated carbocycles. The lowest BCUT2D eigenvalue weighted by atomic mass is 10.1. The standard InChI is InChI=1S/C23H26FN7O/c1-16-20(27-17(2)32)7-4-8-21(16)28-22-25-15-26-23(29-22)31-11-9-30(10-12-31)14-18-5-3-6-19(24)13-18/h3-8,13,15H,9-12,14H2,1-2H3,(H,27,32)(H,25,26,28,29). The SMILES string of the molecule is CC(=O)Nc1cccc(Nc2ncnc(N3CCN(Cc4cccc(F)c4)CC3)n2)c1C. The molecule has 166 valence electrons. The van der Waals surface area contributed by atoms with Crippen LogP contribution < -0.4 is 15.5 Å². The molecule has 2 aromatic carbocycles. The second-order valence-corrected chi connectivity index (χ2v) is 7.79. The van der Waals surface area contributed by atoms with Gasteiger partial charge in [-0.25, -0.2) is 14.4 Å². The zero-order chi connectivity index (χ0) is 22.5. The van der Waals surface area contributed by atoms with Gasteiger partial charge in [-0.3, -0.25) is 9.69 Å². The van der Waals surface area contributed by atoms with Crippen molar-refractivity contribution in [1.82, 2.24) is 19.9 Å². The smallest absolute Gasteiger partial charge is 0.232 e. The first-order valence-electron chi connectivity index (χ1n) is 10.5. The van der Waals surface area contributed by atoms with E-state index >= 15 is 0 Å². The van der Waals surface area contributed by atoms with Crippen LogP contribution in [0.5, 0.6) is 0 Å². The van der Waals surface area contributed by atoms with Crippen molar-refractivity contribution in [2.45, 2.75) is 20.4 Å². The number of aromatic nitrogens is 3. The van der Waals surface area contributed by atoms with Gasteiger partial charge in [0, 0.05) is 51.0 Å². The number of anilines is 4. The monoisotopic (exact) mass is 435 g/mol. The molecule has 0 aliphatic carbocycles. The Hall–Kier alpha value is -3.59. The molecule has 0 spiro atoms. The zero-order valence-corrected chi connectivity index (χ0v) is 18.2. The maximum absolute atomic E-state index is 13.4. The summed E-state index contributed by atoms with van der Waals surface area (Å²) in [6, 6.07) is 12.4. The summed E-state index contributed by atoms with van der Waals surface area (Å²) < 4.78 is 13.4. The maximum atomic E-state index is 13.4. The molecule has 4 rings (SSSR count). The van der Waals surface area contributed by atoms with Crippen LogP contribution in [0.3, 0.4) is 0 Å². The van der Waals surface area contributed by atoms with Gasteiger partial charge in [0.2, 0.25) is 17.8 Å². The summed E-state index contributed by atoms with van der Waals surface area (Å²) in [4.78, 5) is 29.0. The Morgan fingerprint density at radius 2 is 1.81 bits per heavy atom. The molecule has 1 aromatic heterocycles. The predicted molar refractivity (Wildman–Crippen MR) is 122 cm³/mol. The Morgan fingerprint density at radius 3 is 2.56 bits per heavy atom. The highest BCUT2D eigenvalue weighted by Crippen LogP contribution is 2.25. The number of carbonyl (C=O) groups is 1. The molecule has 0 bridgehead atoms. The Balaban J connectivity index is 1.39. The van der Waals surface area contributed by atoms with Gasteiger partial charge in [-0.1, -0.05) is 18.2 Å². The average molecular weight is 436 g/mol. The number of benzene rings is 2. The first-order valence-corrected chi connectivity index (χ1v) is 10.5. The van der Waals surface area contributed by atoms with E-state index in [4.69, 9.17) is 0 Å². The van der Waals surface area contributed by atoms with Crippen LogP contribution in [0, 0.1) is 12.7 Å². The van der Waals surface area contributed by atoms with Gasteiger partial charge in [-0.2, -0.15) is 4.98 Å². The minimum absolute atomic E-state index is 0.121. The van der Waals surface area contributed by atoms with E-state index in [1.165, 1.54) is 19.3 Å². The van der Waals surface area contributed by atoms with Gasteiger partial charge in [0.25, 0.3) is 0 Å². The zero-order valence-electron chi connectivity index (χ0n) is 18.2. The molecule has 3 aromatic rings. The minimum atomic E-state index is -0.204. The molecular weight excluding hydrogens is 409 g/mol. The van der Waals surface area contributed by atoms with Gasteiger partial charge >= 0.3 is 0 Å². The Labute approximate surface area is 186 Å². The molecule has 1 saturated heterocycles. The number of nitrogens with zero attached hydrogens (tertiary/aromatic N) is 5. The van der Waals surface area contributed by atoms with E-state index in [9.17, 15) is 9.18 Å². The van der Waals surface area contributed by atoms with Crippen LogP contribution in [0.1, 0.15) is 18.1 Å². The summed E-state index contributed by atoms with van der Waals surface area (Å²) in [7, 11) is 0. The van der Waals surface area contributed by atoms with Crippen LogP contribution >= 0.6 is 0 Å². The predicted octanol–water partition coefficient (Wildman–Crippen LogP) is 3.34. The number of nitrogens with one attached hydrogen (secondary N) is 2. The van der Waals surface area contributed by atoms with E-state index in [0.29, 0.717) is 11.9 Å². The highest BCUT2D eigenvalue weighted by atomic mass is 19.1. The molecule has 2 heterocycles. The molecule has 1 fully saturated rings. The molecule has 1 amide bonds. The van der Waals surface area contributed by atoms with E-state index in [1.54, 1.807) is 12.1 Å². The summed E-state index contributed by atoms with van der Waals surface area (Å²) in [5, 5.41) is 6.05. The normalized spacial score (nSPS) is 14.3. The quantitative estimate of drug-likeness (QED) is 0.614. The molecule has 0 atom stereocenters. The summed E-state index contributed by atoms with van der Waals surface area (Å²) in [5.74, 6) is 0.734. The van der Waals surface area contributed by atoms with Crippen LogP contribution in [-0.2, 0) is 11.3 Å². The number of hydrogen-bond donors (Lipinski definition) is 2. The largest absolute Gasteiger partial charge is 0.338 e. The van der Waals surface area contributed by atoms with Crippen molar-refractivity contribution < 1.29 is 9.18 Å². The van der Waals surface area contributed by atoms with E-state index < -0.39 is 0 Å². The second kappa shape index (κ2) is 9.69. The molecule has 0 radical (unpaired) electrons. The average Bonchev–Trinajstić information content (AvgIpc) is 2.77. The van der Waals surface area contributed by atoms with Crippen LogP contribution in [-0.4, -0.2) is 51.9 Å². The Bertz CT molecular complexity index is 1100. The van der Waals surface area contributed by atoms with Crippen LogP contribution in [0.25, 0.3) is 0 Å². The van der Waals surface area contributed by atoms with E-state index in [0.717, 1.165) is 55.2 Å². The van der Waals surface area contributed by atoms with Gasteiger partial charge < -0.3 is 15.5 Å². The van der Waals surface area contributed by atoms with Gasteiger partial charge in [0.15, 0.2) is 0 Å². The van der Waals surface area contributed by atoms with Gasteiger partial charge in [-0.05, 0) is 42.3 Å². The first kappa shape index (κ1) is 21.6. The maximum Gasteiger partial charge on any atom is 0.232 e. The van der Waals surface area contributed by atoms with Crippen molar-refractivity contribution in [2.75, 3.05) is 41.7 Å². The van der Waals surface area contributed by atoms with E-state index in [-0.39, 0.29) is 11.7 Å². The van der Waals surface area contributed by atoms with Crippen molar-refractivity contribution >= 4 is 29.2 Å². The highest BCUT2D eigenvalue weighted by Gasteiger charge is 2.20. The fourth-order valence-electron chi connectivity index (χ4n) is 3.72. The number of carbonyl (C=O) groups excluding carboxylic acids is 1. The summed E-state index contributed by atoms with van der Waals surface area (Å²) >= 11 is 0. The number of halogens is 1. The summed E-state index contributed by atoms with van der Waals surface area (Å²) in [6.45, 7) is 7.35. The lowest BCUT2D eigenvalue weighted by Gasteiger charge is -2.34. The molecule has 1 aliphatic rings. The third kappa shape index (κ3) is 5.36. The third-order valence-electron chi connectivity index (χ3n) is 5.40. The number of piperazine rings is 1. The van der Waals surface area contributed by atoms with Crippen molar-refractivity contribution in [2.24, 2.45) is 0 Å². The van der Waals surface area contributed by atoms with Gasteiger partial charge in [-0.15, -0.1) is 0 Å². The fourth-order valence-corrected chi connectivity index (χ4v) is 3.72. The van der Waals surface area contributed by atoms with Crippen LogP contribution in [0.4, 0.5) is 27.7 Å². The molecule has 32 heavy (non-hydrogen) atoms. The van der Waals surface area contributed by atoms with Gasteiger partial charge in [0.05, 0.1) is 0 Å². The number of rotatable bonds is 6. The molecule has 2 N–H and O–H groups in total. The number of hydrogen-bond acceptors (Lipinski definition) is 7. The lowest BCUT2D eigenvalue weighted by Crippen LogP contribution is -2.46. The second-order valence-electron chi connectivity index (χ2n) is 7.79. The minimum Gasteiger partial charge on any atom is -0.338 e. The van der Waals surface area contributed by atoms with Crippen molar-refractivity contribution in [3.8, 4) is 0 Å². The van der Waals surface area contributed by atoms with Crippen molar-refractivity contribution in [1.29, 1.82) is 0 Å². The molecule has 0 unspecified atom stereocenters. The summed E-state index contributed by atoms with van der Waals surface area (Å²) in [5.41, 5.74) is 3.43. The molecule has 9 heteroatoms. The highest BCUT2D eigenvalue weighted by molar-refractivity contribution is 5.90. The fraction of sp³-hybridized carbons (Fsp3) is 0.304. The first-order chi connectivity index (χ1) is 15.5. The van der Waals surface area contributed by atoms with E-state index in [2.05, 4.69) is 35.4 Å². The van der Waals surface area contributed by atoms with Crippen molar-refractivity contribution in [3.05, 3.63) is 65.7 Å².